The molecular formula is C21H30N2O4. The molecule has 0 aromatic heterocycles. The summed E-state index contributed by atoms with van der Waals surface area (Å²) in [5.74, 6) is -0.909. The van der Waals surface area contributed by atoms with Crippen LogP contribution < -0.4 is 5.32 Å². The molecule has 148 valence electrons. The molecule has 0 radical (unpaired) electrons. The molecule has 0 saturated carbocycles. The first-order valence-electron chi connectivity index (χ1n) is 9.67. The lowest BCUT2D eigenvalue weighted by Crippen LogP contribution is -2.50. The van der Waals surface area contributed by atoms with Crippen LogP contribution in [0.5, 0.6) is 5.75 Å². The first-order valence-corrected chi connectivity index (χ1v) is 9.67. The molecule has 1 saturated heterocycles. The Hall–Kier alpha value is -2.37. The summed E-state index contributed by atoms with van der Waals surface area (Å²) in [5, 5.41) is 12.2. The van der Waals surface area contributed by atoms with Crippen LogP contribution in [0.25, 0.3) is 0 Å². The Balaban J connectivity index is 1.84. The molecule has 1 aliphatic rings. The van der Waals surface area contributed by atoms with Crippen LogP contribution in [0.1, 0.15) is 52.0 Å². The molecule has 1 aromatic rings. The lowest BCUT2D eigenvalue weighted by atomic mass is 9.84. The Bertz CT molecular complexity index is 682. The number of nitrogens with one attached hydrogen (secondary N) is 1. The second-order valence-electron chi connectivity index (χ2n) is 7.78. The van der Waals surface area contributed by atoms with Crippen molar-refractivity contribution in [2.24, 2.45) is 5.41 Å². The van der Waals surface area contributed by atoms with Gasteiger partial charge in [0.25, 0.3) is 5.91 Å². The first kappa shape index (κ1) is 20.9. The van der Waals surface area contributed by atoms with E-state index in [-0.39, 0.29) is 11.7 Å². The van der Waals surface area contributed by atoms with E-state index in [1.54, 1.807) is 26.0 Å². The summed E-state index contributed by atoms with van der Waals surface area (Å²) in [6, 6.07) is 6.45. The zero-order valence-corrected chi connectivity index (χ0v) is 16.5. The normalized spacial score (nSPS) is 17.0. The highest BCUT2D eigenvalue weighted by Gasteiger charge is 2.40. The molecule has 1 fully saturated rings. The summed E-state index contributed by atoms with van der Waals surface area (Å²) in [7, 11) is 0. The van der Waals surface area contributed by atoms with Crippen LogP contribution in [0.15, 0.2) is 24.3 Å². The maximum absolute atomic E-state index is 12.6. The van der Waals surface area contributed by atoms with Crippen molar-refractivity contribution in [1.82, 2.24) is 10.2 Å². The number of phenols is 1. The number of phenolic OH excluding ortho intramolecular Hbond substituents is 1. The van der Waals surface area contributed by atoms with Crippen molar-refractivity contribution in [2.75, 3.05) is 13.1 Å². The number of hydrogen-bond donors (Lipinski definition) is 2. The first-order chi connectivity index (χ1) is 12.8. The minimum atomic E-state index is -0.704. The van der Waals surface area contributed by atoms with Crippen molar-refractivity contribution in [3.63, 3.8) is 0 Å². The Morgan fingerprint density at radius 1 is 1.22 bits per heavy atom. The van der Waals surface area contributed by atoms with Gasteiger partial charge in [0.2, 0.25) is 11.7 Å². The molecule has 0 bridgehead atoms. The van der Waals surface area contributed by atoms with Gasteiger partial charge in [-0.3, -0.25) is 14.4 Å². The zero-order valence-electron chi connectivity index (χ0n) is 16.5. The topological polar surface area (TPSA) is 86.7 Å². The van der Waals surface area contributed by atoms with E-state index in [0.29, 0.717) is 25.9 Å². The average molecular weight is 374 g/mol. The predicted molar refractivity (Wildman–Crippen MR) is 103 cm³/mol. The molecule has 6 heteroatoms. The summed E-state index contributed by atoms with van der Waals surface area (Å²) in [6.45, 7) is 6.37. The lowest BCUT2D eigenvalue weighted by molar-refractivity contribution is -0.151. The Morgan fingerprint density at radius 2 is 1.89 bits per heavy atom. The maximum atomic E-state index is 12.6. The van der Waals surface area contributed by atoms with Crippen LogP contribution in [-0.2, 0) is 20.8 Å². The number of carbonyl (C=O) groups excluding carboxylic acids is 3. The zero-order chi connectivity index (χ0) is 20.0. The fourth-order valence-corrected chi connectivity index (χ4v) is 3.15. The number of nitrogens with zero attached hydrogens (tertiary/aromatic N) is 1. The summed E-state index contributed by atoms with van der Waals surface area (Å²) in [4.78, 5) is 39.0. The van der Waals surface area contributed by atoms with E-state index in [4.69, 9.17) is 0 Å². The van der Waals surface area contributed by atoms with Gasteiger partial charge in [-0.25, -0.2) is 0 Å². The maximum Gasteiger partial charge on any atom is 0.291 e. The highest BCUT2D eigenvalue weighted by molar-refractivity contribution is 6.38. The second-order valence-corrected chi connectivity index (χ2v) is 7.78. The number of likely N-dealkylation sites (tertiary alicyclic amines) is 1. The van der Waals surface area contributed by atoms with Crippen LogP contribution in [0.3, 0.4) is 0 Å². The molecule has 1 atom stereocenters. The smallest absolute Gasteiger partial charge is 0.291 e. The van der Waals surface area contributed by atoms with Crippen LogP contribution in [0.2, 0.25) is 0 Å². The van der Waals surface area contributed by atoms with Crippen molar-refractivity contribution in [1.29, 1.82) is 0 Å². The number of aromatic hydroxyl groups is 1. The number of amides is 2. The van der Waals surface area contributed by atoms with Gasteiger partial charge in [-0.15, -0.1) is 0 Å². The van der Waals surface area contributed by atoms with Crippen LogP contribution in [-0.4, -0.2) is 46.7 Å². The van der Waals surface area contributed by atoms with Gasteiger partial charge in [0.15, 0.2) is 0 Å². The molecule has 0 aliphatic carbocycles. The van der Waals surface area contributed by atoms with Crippen LogP contribution in [0, 0.1) is 5.41 Å². The molecule has 1 aromatic carbocycles. The number of ketones is 1. The van der Waals surface area contributed by atoms with E-state index < -0.39 is 23.1 Å². The highest BCUT2D eigenvalue weighted by atomic mass is 16.3. The monoisotopic (exact) mass is 374 g/mol. The third-order valence-electron chi connectivity index (χ3n) is 5.39. The second kappa shape index (κ2) is 9.02. The summed E-state index contributed by atoms with van der Waals surface area (Å²) < 4.78 is 0. The molecule has 6 nitrogen and oxygen atoms in total. The van der Waals surface area contributed by atoms with Crippen LogP contribution >= 0.6 is 0 Å². The Morgan fingerprint density at radius 3 is 2.52 bits per heavy atom. The van der Waals surface area contributed by atoms with E-state index in [9.17, 15) is 19.5 Å². The van der Waals surface area contributed by atoms with Gasteiger partial charge < -0.3 is 15.3 Å². The average Bonchev–Trinajstić information content (AvgIpc) is 3.15. The standard InChI is InChI=1S/C21H30N2O4/c1-4-21(2,3)18(25)20(27)23-14-6-8-17(23)19(26)22-13-5-7-15-9-11-16(24)12-10-15/h9-12,17,24H,4-8,13-14H2,1-3H3,(H,22,26)/t17-/m0/s1. The molecule has 2 amide bonds. The fraction of sp³-hybridized carbons (Fsp3) is 0.571. The number of benzene rings is 1. The quantitative estimate of drug-likeness (QED) is 0.540. The van der Waals surface area contributed by atoms with Gasteiger partial charge in [-0.2, -0.15) is 0 Å². The third kappa shape index (κ3) is 5.31. The van der Waals surface area contributed by atoms with E-state index in [0.717, 1.165) is 24.8 Å². The van der Waals surface area contributed by atoms with Crippen molar-refractivity contribution in [2.45, 2.75) is 58.9 Å². The van der Waals surface area contributed by atoms with E-state index >= 15 is 0 Å². The molecule has 2 N–H and O–H groups in total. The SMILES string of the molecule is CCC(C)(C)C(=O)C(=O)N1CCC[C@H]1C(=O)NCCCc1ccc(O)cc1. The molecule has 1 aliphatic heterocycles. The van der Waals surface area contributed by atoms with Gasteiger partial charge in [-0.1, -0.05) is 32.9 Å². The summed E-state index contributed by atoms with van der Waals surface area (Å²) in [6.07, 6.45) is 3.46. The van der Waals surface area contributed by atoms with Crippen molar-refractivity contribution in [3.05, 3.63) is 29.8 Å². The fourth-order valence-electron chi connectivity index (χ4n) is 3.15. The Kier molecular flexibility index (Phi) is 6.99. The number of rotatable bonds is 8. The molecular weight excluding hydrogens is 344 g/mol. The number of hydrogen-bond acceptors (Lipinski definition) is 4. The van der Waals surface area contributed by atoms with Gasteiger partial charge >= 0.3 is 0 Å². The third-order valence-corrected chi connectivity index (χ3v) is 5.39. The number of carbonyl (C=O) groups is 3. The summed E-state index contributed by atoms with van der Waals surface area (Å²) >= 11 is 0. The molecule has 0 unspecified atom stereocenters. The van der Waals surface area contributed by atoms with Crippen molar-refractivity contribution < 1.29 is 19.5 Å². The van der Waals surface area contributed by atoms with E-state index in [1.807, 2.05) is 19.1 Å². The van der Waals surface area contributed by atoms with Crippen molar-refractivity contribution in [3.8, 4) is 5.75 Å². The van der Waals surface area contributed by atoms with E-state index in [1.165, 1.54) is 4.90 Å². The minimum Gasteiger partial charge on any atom is -0.508 e. The predicted octanol–water partition coefficient (Wildman–Crippen LogP) is 2.44. The molecule has 1 heterocycles. The van der Waals surface area contributed by atoms with E-state index in [2.05, 4.69) is 5.32 Å². The number of aryl methyl sites for hydroxylation is 1. The lowest BCUT2D eigenvalue weighted by Gasteiger charge is -2.27. The van der Waals surface area contributed by atoms with Gasteiger partial charge in [0.1, 0.15) is 11.8 Å². The molecule has 0 spiro atoms. The molecule has 27 heavy (non-hydrogen) atoms. The molecule has 2 rings (SSSR count). The van der Waals surface area contributed by atoms with Crippen LogP contribution in [0.4, 0.5) is 0 Å². The number of Topliss-reactive ketones (excluding diaryl/α,β-unsaturated/α-hetero) is 1. The largest absolute Gasteiger partial charge is 0.508 e. The van der Waals surface area contributed by atoms with Gasteiger partial charge in [0.05, 0.1) is 0 Å². The van der Waals surface area contributed by atoms with Crippen molar-refractivity contribution >= 4 is 17.6 Å². The Labute approximate surface area is 160 Å². The highest BCUT2D eigenvalue weighted by Crippen LogP contribution is 2.25. The summed E-state index contributed by atoms with van der Waals surface area (Å²) in [5.41, 5.74) is 0.386. The van der Waals surface area contributed by atoms with Gasteiger partial charge in [0, 0.05) is 18.5 Å². The minimum absolute atomic E-state index is 0.186. The van der Waals surface area contributed by atoms with Gasteiger partial charge in [-0.05, 0) is 49.8 Å².